The van der Waals surface area contributed by atoms with Crippen LogP contribution in [0.25, 0.3) is 0 Å². The molecule has 3 heteroatoms. The lowest BCUT2D eigenvalue weighted by molar-refractivity contribution is 0.0754. The maximum Gasteiger partial charge on any atom is 0.119 e. The lowest BCUT2D eigenvalue weighted by Crippen LogP contribution is -2.15. The highest BCUT2D eigenvalue weighted by molar-refractivity contribution is 5.40. The van der Waals surface area contributed by atoms with Crippen LogP contribution < -0.4 is 4.74 Å². The summed E-state index contributed by atoms with van der Waals surface area (Å²) in [7, 11) is 0. The van der Waals surface area contributed by atoms with Gasteiger partial charge >= 0.3 is 0 Å². The molecule has 0 aliphatic heterocycles. The van der Waals surface area contributed by atoms with E-state index in [1.807, 2.05) is 12.1 Å². The first-order chi connectivity index (χ1) is 7.54. The van der Waals surface area contributed by atoms with Crippen molar-refractivity contribution in [3.63, 3.8) is 0 Å². The van der Waals surface area contributed by atoms with Crippen molar-refractivity contribution in [2.75, 3.05) is 13.2 Å². The number of rotatable bonds is 5. The minimum Gasteiger partial charge on any atom is -0.493 e. The van der Waals surface area contributed by atoms with E-state index < -0.39 is 6.10 Å². The molecule has 0 aliphatic carbocycles. The molecule has 1 atom stereocenters. The van der Waals surface area contributed by atoms with Gasteiger partial charge in [0.05, 0.1) is 19.3 Å². The molecule has 1 unspecified atom stereocenters. The van der Waals surface area contributed by atoms with Gasteiger partial charge in [-0.1, -0.05) is 0 Å². The Morgan fingerprint density at radius 1 is 1.19 bits per heavy atom. The minimum atomic E-state index is -0.687. The molecule has 1 aromatic rings. The molecule has 0 saturated carbocycles. The first-order valence-corrected chi connectivity index (χ1v) is 5.54. The second-order valence-corrected chi connectivity index (χ2v) is 4.16. The number of hydrogen-bond acceptors (Lipinski definition) is 3. The number of aryl methyl sites for hydroxylation is 2. The van der Waals surface area contributed by atoms with Gasteiger partial charge in [0.15, 0.2) is 0 Å². The smallest absolute Gasteiger partial charge is 0.119 e. The number of benzene rings is 1. The predicted molar refractivity (Wildman–Crippen MR) is 63.9 cm³/mol. The molecule has 0 spiro atoms. The van der Waals surface area contributed by atoms with Crippen molar-refractivity contribution >= 4 is 0 Å². The molecule has 3 nitrogen and oxygen atoms in total. The summed E-state index contributed by atoms with van der Waals surface area (Å²) in [4.78, 5) is 0. The lowest BCUT2D eigenvalue weighted by Gasteiger charge is -2.12. The highest BCUT2D eigenvalue weighted by Gasteiger charge is 2.04. The SMILES string of the molecule is Cc1cc(OCCC(O)CO)cc(C)c1C. The Morgan fingerprint density at radius 2 is 1.75 bits per heavy atom. The van der Waals surface area contributed by atoms with Gasteiger partial charge in [0.25, 0.3) is 0 Å². The van der Waals surface area contributed by atoms with E-state index >= 15 is 0 Å². The van der Waals surface area contributed by atoms with Gasteiger partial charge in [0.2, 0.25) is 0 Å². The molecular weight excluding hydrogens is 204 g/mol. The van der Waals surface area contributed by atoms with Gasteiger partial charge in [-0.15, -0.1) is 0 Å². The van der Waals surface area contributed by atoms with Gasteiger partial charge in [-0.25, -0.2) is 0 Å². The Morgan fingerprint density at radius 3 is 2.25 bits per heavy atom. The van der Waals surface area contributed by atoms with Crippen LogP contribution in [0.1, 0.15) is 23.1 Å². The Bertz CT molecular complexity index is 324. The molecule has 0 aliphatic rings. The number of aliphatic hydroxyl groups is 2. The van der Waals surface area contributed by atoms with E-state index in [2.05, 4.69) is 20.8 Å². The maximum absolute atomic E-state index is 9.16. The molecule has 0 fully saturated rings. The van der Waals surface area contributed by atoms with Gasteiger partial charge in [-0.05, 0) is 49.6 Å². The Hall–Kier alpha value is -1.06. The minimum absolute atomic E-state index is 0.213. The molecule has 1 rings (SSSR count). The number of hydrogen-bond donors (Lipinski definition) is 2. The molecule has 0 bridgehead atoms. The third kappa shape index (κ3) is 3.51. The third-order valence-electron chi connectivity index (χ3n) is 2.83. The summed E-state index contributed by atoms with van der Waals surface area (Å²) in [5, 5.41) is 17.8. The summed E-state index contributed by atoms with van der Waals surface area (Å²) in [6.07, 6.45) is -0.240. The van der Waals surface area contributed by atoms with E-state index in [0.717, 1.165) is 5.75 Å². The van der Waals surface area contributed by atoms with Crippen molar-refractivity contribution in [3.05, 3.63) is 28.8 Å². The van der Waals surface area contributed by atoms with Crippen LogP contribution in [-0.2, 0) is 0 Å². The Kier molecular flexibility index (Phi) is 4.77. The average Bonchev–Trinajstić information content (AvgIpc) is 2.25. The van der Waals surface area contributed by atoms with Gasteiger partial charge in [-0.3, -0.25) is 0 Å². The van der Waals surface area contributed by atoms with Crippen LogP contribution in [0.5, 0.6) is 5.75 Å². The number of ether oxygens (including phenoxy) is 1. The van der Waals surface area contributed by atoms with Crippen molar-refractivity contribution in [1.82, 2.24) is 0 Å². The van der Waals surface area contributed by atoms with E-state index in [1.165, 1.54) is 16.7 Å². The van der Waals surface area contributed by atoms with Gasteiger partial charge < -0.3 is 14.9 Å². The summed E-state index contributed by atoms with van der Waals surface area (Å²) < 4.78 is 5.52. The second-order valence-electron chi connectivity index (χ2n) is 4.16. The summed E-state index contributed by atoms with van der Waals surface area (Å²) in [6, 6.07) is 3.99. The van der Waals surface area contributed by atoms with Gasteiger partial charge in [-0.2, -0.15) is 0 Å². The van der Waals surface area contributed by atoms with Crippen LogP contribution in [-0.4, -0.2) is 29.5 Å². The molecule has 0 aromatic heterocycles. The largest absolute Gasteiger partial charge is 0.493 e. The van der Waals surface area contributed by atoms with Crippen LogP contribution >= 0.6 is 0 Å². The summed E-state index contributed by atoms with van der Waals surface area (Å²) >= 11 is 0. The molecule has 1 aromatic carbocycles. The van der Waals surface area contributed by atoms with Crippen LogP contribution in [0.3, 0.4) is 0 Å². The molecule has 16 heavy (non-hydrogen) atoms. The molecule has 0 radical (unpaired) electrons. The Labute approximate surface area is 96.7 Å². The van der Waals surface area contributed by atoms with Gasteiger partial charge in [0.1, 0.15) is 5.75 Å². The van der Waals surface area contributed by atoms with Crippen molar-refractivity contribution in [1.29, 1.82) is 0 Å². The zero-order chi connectivity index (χ0) is 12.1. The highest BCUT2D eigenvalue weighted by atomic mass is 16.5. The van der Waals surface area contributed by atoms with Crippen LogP contribution in [0.4, 0.5) is 0 Å². The average molecular weight is 224 g/mol. The van der Waals surface area contributed by atoms with Crippen LogP contribution in [0.15, 0.2) is 12.1 Å². The summed E-state index contributed by atoms with van der Waals surface area (Å²) in [6.45, 7) is 6.40. The topological polar surface area (TPSA) is 49.7 Å². The van der Waals surface area contributed by atoms with E-state index in [4.69, 9.17) is 14.9 Å². The first kappa shape index (κ1) is 13.0. The van der Waals surface area contributed by atoms with E-state index in [9.17, 15) is 0 Å². The van der Waals surface area contributed by atoms with Crippen molar-refractivity contribution in [2.45, 2.75) is 33.3 Å². The highest BCUT2D eigenvalue weighted by Crippen LogP contribution is 2.21. The summed E-state index contributed by atoms with van der Waals surface area (Å²) in [5.74, 6) is 0.825. The van der Waals surface area contributed by atoms with Crippen molar-refractivity contribution in [3.8, 4) is 5.75 Å². The summed E-state index contributed by atoms with van der Waals surface area (Å²) in [5.41, 5.74) is 3.69. The fourth-order valence-corrected chi connectivity index (χ4v) is 1.48. The molecular formula is C13H20O3. The monoisotopic (exact) mass is 224 g/mol. The fourth-order valence-electron chi connectivity index (χ4n) is 1.48. The quantitative estimate of drug-likeness (QED) is 0.801. The second kappa shape index (κ2) is 5.87. The predicted octanol–water partition coefficient (Wildman–Crippen LogP) is 1.73. The zero-order valence-corrected chi connectivity index (χ0v) is 10.2. The lowest BCUT2D eigenvalue weighted by atomic mass is 10.0. The fraction of sp³-hybridized carbons (Fsp3) is 0.538. The van der Waals surface area contributed by atoms with Crippen molar-refractivity contribution in [2.24, 2.45) is 0 Å². The molecule has 0 heterocycles. The van der Waals surface area contributed by atoms with Crippen LogP contribution in [0.2, 0.25) is 0 Å². The zero-order valence-electron chi connectivity index (χ0n) is 10.2. The van der Waals surface area contributed by atoms with E-state index in [1.54, 1.807) is 0 Å². The van der Waals surface area contributed by atoms with E-state index in [0.29, 0.717) is 13.0 Å². The third-order valence-corrected chi connectivity index (χ3v) is 2.83. The van der Waals surface area contributed by atoms with E-state index in [-0.39, 0.29) is 6.61 Å². The van der Waals surface area contributed by atoms with Crippen LogP contribution in [0, 0.1) is 20.8 Å². The van der Waals surface area contributed by atoms with Gasteiger partial charge in [0, 0.05) is 6.42 Å². The molecule has 2 N–H and O–H groups in total. The molecule has 0 saturated heterocycles. The van der Waals surface area contributed by atoms with Crippen molar-refractivity contribution < 1.29 is 14.9 Å². The molecule has 0 amide bonds. The molecule has 90 valence electrons. The standard InChI is InChI=1S/C13H20O3/c1-9-6-13(7-10(2)11(9)3)16-5-4-12(15)8-14/h6-7,12,14-15H,4-5,8H2,1-3H3. The Balaban J connectivity index is 2.55. The first-order valence-electron chi connectivity index (χ1n) is 5.54. The number of aliphatic hydroxyl groups excluding tert-OH is 2. The maximum atomic E-state index is 9.16. The normalized spacial score (nSPS) is 12.6.